The number of unbranched alkanes of at least 4 members (excludes halogenated alkanes) is 5. The number of hydrogen-bond donors (Lipinski definition) is 0. The lowest BCUT2D eigenvalue weighted by Crippen LogP contribution is -2.10. The van der Waals surface area contributed by atoms with E-state index in [0.29, 0.717) is 0 Å². The summed E-state index contributed by atoms with van der Waals surface area (Å²) in [6.07, 6.45) is 7.01. The Morgan fingerprint density at radius 2 is 0.725 bits per heavy atom. The first kappa shape index (κ1) is 29.9. The summed E-state index contributed by atoms with van der Waals surface area (Å²) in [6.45, 7) is 0. The van der Waals surface area contributed by atoms with Crippen LogP contribution in [0.15, 0.2) is 121 Å². The van der Waals surface area contributed by atoms with Crippen LogP contribution in [-0.4, -0.2) is 23.1 Å². The molecule has 0 N–H and O–H groups in total. The predicted octanol–water partition coefficient (Wildman–Crippen LogP) is 10.0. The van der Waals surface area contributed by atoms with Crippen LogP contribution < -0.4 is 0 Å². The van der Waals surface area contributed by atoms with E-state index < -0.39 is 0 Å². The second-order valence-electron chi connectivity index (χ2n) is 9.90. The fraction of sp³-hybridized carbons (Fsp3) is 0.278. The number of carbonyl (C=O) groups excluding carboxylic acids is 2. The molecule has 0 aliphatic carbocycles. The molecule has 4 heteroatoms. The maximum Gasteiger partial charge on any atom is 0.180 e. The first-order valence-electron chi connectivity index (χ1n) is 14.3. The average molecular weight is 567 g/mol. The summed E-state index contributed by atoms with van der Waals surface area (Å²) in [5.74, 6) is 2.34. The van der Waals surface area contributed by atoms with Crippen molar-refractivity contribution in [3.63, 3.8) is 0 Å². The minimum Gasteiger partial charge on any atom is -0.293 e. The second-order valence-corrected chi connectivity index (χ2v) is 12.3. The Labute approximate surface area is 248 Å². The van der Waals surface area contributed by atoms with Gasteiger partial charge in [-0.15, -0.1) is 23.5 Å². The van der Waals surface area contributed by atoms with Gasteiger partial charge in [0.1, 0.15) is 0 Å². The Morgan fingerprint density at radius 1 is 0.425 bits per heavy atom. The van der Waals surface area contributed by atoms with Gasteiger partial charge in [0.2, 0.25) is 0 Å². The molecule has 2 atom stereocenters. The first-order chi connectivity index (χ1) is 19.7. The highest BCUT2D eigenvalue weighted by Gasteiger charge is 2.23. The Bertz CT molecular complexity index is 1170. The van der Waals surface area contributed by atoms with Crippen molar-refractivity contribution in [2.45, 2.75) is 49.0 Å². The van der Waals surface area contributed by atoms with Crippen LogP contribution in [0.2, 0.25) is 0 Å². The fourth-order valence-corrected chi connectivity index (χ4v) is 7.21. The molecule has 4 aromatic rings. The van der Waals surface area contributed by atoms with Gasteiger partial charge in [-0.3, -0.25) is 9.59 Å². The lowest BCUT2D eigenvalue weighted by molar-refractivity contribution is 0.0981. The van der Waals surface area contributed by atoms with E-state index in [0.717, 1.165) is 46.6 Å². The van der Waals surface area contributed by atoms with Gasteiger partial charge in [-0.1, -0.05) is 147 Å². The minimum atomic E-state index is -0.156. The van der Waals surface area contributed by atoms with E-state index in [4.69, 9.17) is 0 Å². The maximum atomic E-state index is 13.2. The number of rotatable bonds is 17. The molecule has 0 saturated heterocycles. The zero-order valence-electron chi connectivity index (χ0n) is 23.0. The third-order valence-corrected chi connectivity index (χ3v) is 9.59. The van der Waals surface area contributed by atoms with Gasteiger partial charge < -0.3 is 0 Å². The van der Waals surface area contributed by atoms with Crippen molar-refractivity contribution < 1.29 is 9.59 Å². The van der Waals surface area contributed by atoms with Crippen LogP contribution in [0.1, 0.15) is 80.9 Å². The third-order valence-electron chi connectivity index (χ3n) is 6.91. The van der Waals surface area contributed by atoms with E-state index in [2.05, 4.69) is 24.3 Å². The van der Waals surface area contributed by atoms with Crippen LogP contribution in [0.5, 0.6) is 0 Å². The Hall–Kier alpha value is -3.08. The van der Waals surface area contributed by atoms with Crippen LogP contribution >= 0.6 is 23.5 Å². The van der Waals surface area contributed by atoms with Crippen LogP contribution in [0.25, 0.3) is 0 Å². The number of thioether (sulfide) groups is 2. The third kappa shape index (κ3) is 9.25. The lowest BCUT2D eigenvalue weighted by atomic mass is 10.0. The molecule has 206 valence electrons. The fourth-order valence-electron chi connectivity index (χ4n) is 4.72. The van der Waals surface area contributed by atoms with Crippen LogP contribution in [0, 0.1) is 0 Å². The van der Waals surface area contributed by atoms with Gasteiger partial charge in [0, 0.05) is 11.1 Å². The monoisotopic (exact) mass is 566 g/mol. The number of ketones is 2. The molecule has 0 aliphatic rings. The molecule has 0 aromatic heterocycles. The average Bonchev–Trinajstić information content (AvgIpc) is 3.03. The van der Waals surface area contributed by atoms with Gasteiger partial charge in [0.05, 0.1) is 10.5 Å². The number of carbonyl (C=O) groups is 2. The first-order valence-corrected chi connectivity index (χ1v) is 16.4. The molecule has 0 amide bonds. The molecule has 0 heterocycles. The smallest absolute Gasteiger partial charge is 0.180 e. The van der Waals surface area contributed by atoms with Crippen LogP contribution in [-0.2, 0) is 0 Å². The topological polar surface area (TPSA) is 34.1 Å². The molecule has 40 heavy (non-hydrogen) atoms. The highest BCUT2D eigenvalue weighted by Crippen LogP contribution is 2.34. The van der Waals surface area contributed by atoms with Gasteiger partial charge in [-0.25, -0.2) is 0 Å². The maximum absolute atomic E-state index is 13.2. The van der Waals surface area contributed by atoms with Gasteiger partial charge in [-0.2, -0.15) is 0 Å². The molecule has 2 unspecified atom stereocenters. The Morgan fingerprint density at radius 3 is 1.07 bits per heavy atom. The number of Topliss-reactive ketones (excluding diaryl/α,β-unsaturated/α-hetero) is 2. The molecule has 0 aliphatic heterocycles. The van der Waals surface area contributed by atoms with Crippen molar-refractivity contribution in [3.8, 4) is 0 Å². The lowest BCUT2D eigenvalue weighted by Gasteiger charge is -2.16. The highest BCUT2D eigenvalue weighted by atomic mass is 32.2. The van der Waals surface area contributed by atoms with E-state index in [1.807, 2.05) is 97.1 Å². The van der Waals surface area contributed by atoms with Crippen LogP contribution in [0.3, 0.4) is 0 Å². The van der Waals surface area contributed by atoms with E-state index in [-0.39, 0.29) is 22.1 Å². The molecule has 0 bridgehead atoms. The molecule has 0 saturated carbocycles. The SMILES string of the molecule is O=C(c1ccccc1)C(SCCCCCCCCSC(C(=O)c1ccccc1)c1ccccc1)c1ccccc1. The summed E-state index contributed by atoms with van der Waals surface area (Å²) < 4.78 is 0. The minimum absolute atomic E-state index is 0.156. The summed E-state index contributed by atoms with van der Waals surface area (Å²) in [6, 6.07) is 39.6. The summed E-state index contributed by atoms with van der Waals surface area (Å²) >= 11 is 3.53. The Kier molecular flexibility index (Phi) is 12.6. The normalized spacial score (nSPS) is 12.5. The van der Waals surface area contributed by atoms with Crippen molar-refractivity contribution in [2.75, 3.05) is 11.5 Å². The van der Waals surface area contributed by atoms with Gasteiger partial charge in [-0.05, 0) is 35.5 Å². The highest BCUT2D eigenvalue weighted by molar-refractivity contribution is 8.00. The van der Waals surface area contributed by atoms with Crippen molar-refractivity contribution in [1.82, 2.24) is 0 Å². The predicted molar refractivity (Wildman–Crippen MR) is 173 cm³/mol. The van der Waals surface area contributed by atoms with Crippen molar-refractivity contribution >= 4 is 35.1 Å². The van der Waals surface area contributed by atoms with E-state index in [1.165, 1.54) is 25.7 Å². The molecular formula is C36H38O2S2. The molecular weight excluding hydrogens is 529 g/mol. The molecule has 0 fully saturated rings. The zero-order valence-corrected chi connectivity index (χ0v) is 24.6. The van der Waals surface area contributed by atoms with E-state index in [9.17, 15) is 9.59 Å². The van der Waals surface area contributed by atoms with Crippen LogP contribution in [0.4, 0.5) is 0 Å². The van der Waals surface area contributed by atoms with Gasteiger partial charge >= 0.3 is 0 Å². The molecule has 4 rings (SSSR count). The molecule has 2 nitrogen and oxygen atoms in total. The summed E-state index contributed by atoms with van der Waals surface area (Å²) in [7, 11) is 0. The summed E-state index contributed by atoms with van der Waals surface area (Å²) in [5.41, 5.74) is 3.72. The zero-order chi connectivity index (χ0) is 27.8. The number of benzene rings is 4. The molecule has 4 aromatic carbocycles. The molecule has 0 spiro atoms. The van der Waals surface area contributed by atoms with E-state index in [1.54, 1.807) is 23.5 Å². The van der Waals surface area contributed by atoms with Gasteiger partial charge in [0.15, 0.2) is 11.6 Å². The van der Waals surface area contributed by atoms with Crippen molar-refractivity contribution in [1.29, 1.82) is 0 Å². The second kappa shape index (κ2) is 16.9. The number of hydrogen-bond acceptors (Lipinski definition) is 4. The Balaban J connectivity index is 1.16. The van der Waals surface area contributed by atoms with Crippen molar-refractivity contribution in [3.05, 3.63) is 144 Å². The quantitative estimate of drug-likeness (QED) is 0.0940. The standard InChI is InChI=1S/C36H38O2S2/c37-33(29-19-9-5-10-20-29)35(31-23-13-7-14-24-31)39-27-17-3-1-2-4-18-28-40-36(32-25-15-8-16-26-32)34(38)30-21-11-6-12-22-30/h5-16,19-26,35-36H,1-4,17-18,27-28H2. The molecule has 0 radical (unpaired) electrons. The largest absolute Gasteiger partial charge is 0.293 e. The van der Waals surface area contributed by atoms with E-state index >= 15 is 0 Å². The van der Waals surface area contributed by atoms with Crippen molar-refractivity contribution in [2.24, 2.45) is 0 Å². The summed E-state index contributed by atoms with van der Waals surface area (Å²) in [4.78, 5) is 26.5. The summed E-state index contributed by atoms with van der Waals surface area (Å²) in [5, 5.41) is -0.312. The van der Waals surface area contributed by atoms with Gasteiger partial charge in [0.25, 0.3) is 0 Å².